The number of benzene rings is 2. The zero-order valence-electron chi connectivity index (χ0n) is 16.4. The standard InChI is InChI=1S/C22H23N6P/c1-29(2)18-8-6-17(7-9-18)27-20-14-25-21(23)22(28-20)26-13-15-5-10-19-16(12-15)4-3-11-24-19/h3-12,14H,13H2,1-2H3,(H2,23,25)(H2,26,27,28). The number of nitrogens with two attached hydrogens (primary N) is 1. The van der Waals surface area contributed by atoms with Crippen LogP contribution < -0.4 is 21.7 Å². The van der Waals surface area contributed by atoms with Crippen molar-refractivity contribution in [3.05, 3.63) is 72.6 Å². The molecule has 4 aromatic rings. The van der Waals surface area contributed by atoms with Crippen LogP contribution in [0.5, 0.6) is 0 Å². The molecular formula is C22H23N6P. The SMILES string of the molecule is CP(C)c1ccc(Nc2cnc(N)c(NCc3ccc4ncccc4c3)n2)cc1. The first-order valence-electron chi connectivity index (χ1n) is 9.33. The van der Waals surface area contributed by atoms with Crippen molar-refractivity contribution in [2.45, 2.75) is 6.54 Å². The Kier molecular flexibility index (Phi) is 5.54. The summed E-state index contributed by atoms with van der Waals surface area (Å²) in [6, 6.07) is 18.6. The Labute approximate surface area is 171 Å². The van der Waals surface area contributed by atoms with Crippen LogP contribution in [0.25, 0.3) is 10.9 Å². The molecule has 0 atom stereocenters. The van der Waals surface area contributed by atoms with Crippen LogP contribution in [0.15, 0.2) is 67.0 Å². The highest BCUT2D eigenvalue weighted by Gasteiger charge is 2.06. The van der Waals surface area contributed by atoms with E-state index in [2.05, 4.69) is 75.3 Å². The third kappa shape index (κ3) is 4.61. The van der Waals surface area contributed by atoms with Crippen molar-refractivity contribution in [1.29, 1.82) is 0 Å². The molecule has 0 aliphatic rings. The maximum Gasteiger partial charge on any atom is 0.171 e. The van der Waals surface area contributed by atoms with Crippen LogP contribution in [0, 0.1) is 0 Å². The third-order valence-electron chi connectivity index (χ3n) is 4.58. The lowest BCUT2D eigenvalue weighted by atomic mass is 10.1. The number of nitrogens with one attached hydrogen (secondary N) is 2. The maximum atomic E-state index is 6.02. The Balaban J connectivity index is 1.47. The number of rotatable bonds is 6. The lowest BCUT2D eigenvalue weighted by molar-refractivity contribution is 1.10. The Bertz CT molecular complexity index is 1130. The van der Waals surface area contributed by atoms with Crippen LogP contribution in [-0.2, 0) is 6.54 Å². The van der Waals surface area contributed by atoms with Crippen LogP contribution in [0.2, 0.25) is 0 Å². The summed E-state index contributed by atoms with van der Waals surface area (Å²) in [4.78, 5) is 13.2. The molecule has 2 heterocycles. The molecule has 0 amide bonds. The van der Waals surface area contributed by atoms with Crippen molar-refractivity contribution in [2.75, 3.05) is 29.7 Å². The van der Waals surface area contributed by atoms with Gasteiger partial charge in [0.1, 0.15) is 0 Å². The average molecular weight is 402 g/mol. The van der Waals surface area contributed by atoms with E-state index in [-0.39, 0.29) is 7.92 Å². The molecular weight excluding hydrogens is 379 g/mol. The summed E-state index contributed by atoms with van der Waals surface area (Å²) < 4.78 is 0. The zero-order chi connectivity index (χ0) is 20.2. The van der Waals surface area contributed by atoms with Crippen molar-refractivity contribution < 1.29 is 0 Å². The molecule has 2 aromatic carbocycles. The van der Waals surface area contributed by atoms with Crippen LogP contribution in [0.4, 0.5) is 23.1 Å². The molecule has 0 spiro atoms. The van der Waals surface area contributed by atoms with Gasteiger partial charge in [-0.2, -0.15) is 0 Å². The van der Waals surface area contributed by atoms with Gasteiger partial charge in [-0.25, -0.2) is 9.97 Å². The van der Waals surface area contributed by atoms with E-state index < -0.39 is 0 Å². The molecule has 4 N–H and O–H groups in total. The van der Waals surface area contributed by atoms with Gasteiger partial charge in [0.25, 0.3) is 0 Å². The Morgan fingerprint density at radius 2 is 1.83 bits per heavy atom. The summed E-state index contributed by atoms with van der Waals surface area (Å²) in [5.74, 6) is 1.58. The van der Waals surface area contributed by atoms with Crippen molar-refractivity contribution in [3.63, 3.8) is 0 Å². The monoisotopic (exact) mass is 402 g/mol. The highest BCUT2D eigenvalue weighted by molar-refractivity contribution is 7.64. The van der Waals surface area contributed by atoms with Crippen molar-refractivity contribution in [3.8, 4) is 0 Å². The molecule has 0 unspecified atom stereocenters. The predicted octanol–water partition coefficient (Wildman–Crippen LogP) is 4.33. The molecule has 29 heavy (non-hydrogen) atoms. The van der Waals surface area contributed by atoms with Crippen LogP contribution in [0.3, 0.4) is 0 Å². The minimum absolute atomic E-state index is 0.101. The van der Waals surface area contributed by atoms with E-state index in [1.54, 1.807) is 12.4 Å². The molecule has 0 aliphatic heterocycles. The fraction of sp³-hybridized carbons (Fsp3) is 0.136. The molecule has 0 saturated carbocycles. The Morgan fingerprint density at radius 1 is 1.00 bits per heavy atom. The Hall–Kier alpha value is -3.24. The molecule has 0 aliphatic carbocycles. The minimum atomic E-state index is -0.101. The second-order valence-corrected chi connectivity index (χ2v) is 9.24. The largest absolute Gasteiger partial charge is 0.381 e. The minimum Gasteiger partial charge on any atom is -0.381 e. The topological polar surface area (TPSA) is 88.8 Å². The third-order valence-corrected chi connectivity index (χ3v) is 5.92. The molecule has 7 heteroatoms. The number of nitrogen functional groups attached to an aromatic ring is 1. The maximum absolute atomic E-state index is 6.02. The zero-order valence-corrected chi connectivity index (χ0v) is 17.3. The fourth-order valence-electron chi connectivity index (χ4n) is 3.00. The van der Waals surface area contributed by atoms with Gasteiger partial charge in [-0.3, -0.25) is 4.98 Å². The van der Waals surface area contributed by atoms with Crippen molar-refractivity contribution in [2.24, 2.45) is 0 Å². The number of nitrogens with zero attached hydrogens (tertiary/aromatic N) is 3. The van der Waals surface area contributed by atoms with Gasteiger partial charge in [-0.15, -0.1) is 0 Å². The summed E-state index contributed by atoms with van der Waals surface area (Å²) in [6.45, 7) is 5.08. The number of anilines is 4. The van der Waals surface area contributed by atoms with Gasteiger partial charge in [0.15, 0.2) is 17.5 Å². The number of fused-ring (bicyclic) bond motifs is 1. The number of hydrogen-bond acceptors (Lipinski definition) is 6. The summed E-state index contributed by atoms with van der Waals surface area (Å²) >= 11 is 0. The molecule has 0 bridgehead atoms. The second-order valence-electron chi connectivity index (χ2n) is 6.94. The van der Waals surface area contributed by atoms with Gasteiger partial charge in [-0.1, -0.05) is 32.2 Å². The normalized spacial score (nSPS) is 11.0. The van der Waals surface area contributed by atoms with Crippen molar-refractivity contribution in [1.82, 2.24) is 15.0 Å². The number of aromatic nitrogens is 3. The smallest absolute Gasteiger partial charge is 0.171 e. The summed E-state index contributed by atoms with van der Waals surface area (Å²) in [5, 5.41) is 9.04. The quantitative estimate of drug-likeness (QED) is 0.416. The fourth-order valence-corrected chi connectivity index (χ4v) is 3.75. The highest BCUT2D eigenvalue weighted by atomic mass is 31.1. The van der Waals surface area contributed by atoms with Crippen LogP contribution >= 0.6 is 7.92 Å². The van der Waals surface area contributed by atoms with Gasteiger partial charge in [0, 0.05) is 23.8 Å². The highest BCUT2D eigenvalue weighted by Crippen LogP contribution is 2.25. The van der Waals surface area contributed by atoms with E-state index >= 15 is 0 Å². The van der Waals surface area contributed by atoms with E-state index in [0.717, 1.165) is 22.2 Å². The molecule has 4 rings (SSSR count). The van der Waals surface area contributed by atoms with E-state index in [1.165, 1.54) is 5.30 Å². The molecule has 0 fully saturated rings. The molecule has 0 radical (unpaired) electrons. The van der Waals surface area contributed by atoms with Gasteiger partial charge in [0.05, 0.1) is 11.7 Å². The van der Waals surface area contributed by atoms with Gasteiger partial charge < -0.3 is 16.4 Å². The van der Waals surface area contributed by atoms with Crippen LogP contribution in [0.1, 0.15) is 5.56 Å². The van der Waals surface area contributed by atoms with Gasteiger partial charge >= 0.3 is 0 Å². The van der Waals surface area contributed by atoms with Crippen molar-refractivity contribution >= 4 is 47.3 Å². The second kappa shape index (κ2) is 8.41. The molecule has 0 saturated heterocycles. The molecule has 6 nitrogen and oxygen atoms in total. The van der Waals surface area contributed by atoms with Gasteiger partial charge in [-0.05, 0) is 54.5 Å². The Morgan fingerprint density at radius 3 is 2.62 bits per heavy atom. The lowest BCUT2D eigenvalue weighted by Crippen LogP contribution is -2.08. The average Bonchev–Trinajstić information content (AvgIpc) is 2.74. The summed E-state index contributed by atoms with van der Waals surface area (Å²) in [7, 11) is -0.101. The lowest BCUT2D eigenvalue weighted by Gasteiger charge is -2.12. The number of hydrogen-bond donors (Lipinski definition) is 3. The van der Waals surface area contributed by atoms with E-state index in [0.29, 0.717) is 24.0 Å². The van der Waals surface area contributed by atoms with E-state index in [4.69, 9.17) is 5.73 Å². The van der Waals surface area contributed by atoms with Crippen LogP contribution in [-0.4, -0.2) is 28.3 Å². The van der Waals surface area contributed by atoms with E-state index in [9.17, 15) is 0 Å². The predicted molar refractivity (Wildman–Crippen MR) is 124 cm³/mol. The van der Waals surface area contributed by atoms with Gasteiger partial charge in [0.2, 0.25) is 0 Å². The number of pyridine rings is 1. The first-order valence-corrected chi connectivity index (χ1v) is 11.6. The van der Waals surface area contributed by atoms with E-state index in [1.807, 2.05) is 18.2 Å². The summed E-state index contributed by atoms with van der Waals surface area (Å²) in [6.07, 6.45) is 3.44. The molecule has 146 valence electrons. The first-order chi connectivity index (χ1) is 14.1. The first kappa shape index (κ1) is 19.1. The summed E-state index contributed by atoms with van der Waals surface area (Å²) in [5.41, 5.74) is 9.09. The molecule has 2 aromatic heterocycles.